The Kier molecular flexibility index (Phi) is 6.52. The summed E-state index contributed by atoms with van der Waals surface area (Å²) < 4.78 is 5.32. The molecule has 7 heteroatoms. The van der Waals surface area contributed by atoms with Crippen LogP contribution in [-0.4, -0.2) is 23.0 Å². The number of amides is 1. The first kappa shape index (κ1) is 20.4. The Hall–Kier alpha value is -2.93. The standard InChI is InChI=1S/C20H24N2O5/c1-14-10-16(11-17(24)27-20(2,3)4)18(19(25)21-14)22(13-23)26-12-15-8-6-5-7-9-15/h5-10,13H,11-12H2,1-4H3,(H,21,25). The fourth-order valence-electron chi connectivity index (χ4n) is 2.53. The molecule has 7 nitrogen and oxygen atoms in total. The number of rotatable bonds is 7. The number of nitrogens with one attached hydrogen (secondary N) is 1. The van der Waals surface area contributed by atoms with E-state index in [-0.39, 0.29) is 18.7 Å². The molecule has 0 bridgehead atoms. The van der Waals surface area contributed by atoms with Crippen molar-refractivity contribution in [3.63, 3.8) is 0 Å². The summed E-state index contributed by atoms with van der Waals surface area (Å²) >= 11 is 0. The van der Waals surface area contributed by atoms with E-state index in [2.05, 4.69) is 4.98 Å². The van der Waals surface area contributed by atoms with Gasteiger partial charge in [-0.05, 0) is 44.9 Å². The Labute approximate surface area is 157 Å². The molecule has 27 heavy (non-hydrogen) atoms. The lowest BCUT2D eigenvalue weighted by Gasteiger charge is -2.22. The van der Waals surface area contributed by atoms with Gasteiger partial charge in [-0.15, -0.1) is 0 Å². The average Bonchev–Trinajstić information content (AvgIpc) is 2.56. The predicted octanol–water partition coefficient (Wildman–Crippen LogP) is 2.66. The Bertz CT molecular complexity index is 853. The summed E-state index contributed by atoms with van der Waals surface area (Å²) in [5.74, 6) is -0.498. The number of carbonyl (C=O) groups is 2. The van der Waals surface area contributed by atoms with Gasteiger partial charge in [0, 0.05) is 5.69 Å². The van der Waals surface area contributed by atoms with Crippen LogP contribution in [-0.2, 0) is 32.2 Å². The Morgan fingerprint density at radius 2 is 1.89 bits per heavy atom. The van der Waals surface area contributed by atoms with Crippen molar-refractivity contribution in [1.82, 2.24) is 4.98 Å². The zero-order valence-corrected chi connectivity index (χ0v) is 15.9. The minimum absolute atomic E-state index is 0.0302. The summed E-state index contributed by atoms with van der Waals surface area (Å²) in [6.07, 6.45) is 0.248. The fraction of sp³-hybridized carbons (Fsp3) is 0.350. The van der Waals surface area contributed by atoms with Crippen LogP contribution < -0.4 is 10.6 Å². The molecule has 0 radical (unpaired) electrons. The van der Waals surface area contributed by atoms with Crippen LogP contribution >= 0.6 is 0 Å². The van der Waals surface area contributed by atoms with Crippen molar-refractivity contribution in [2.75, 3.05) is 5.06 Å². The van der Waals surface area contributed by atoms with Crippen molar-refractivity contribution in [3.05, 3.63) is 63.6 Å². The zero-order chi connectivity index (χ0) is 20.0. The lowest BCUT2D eigenvalue weighted by Crippen LogP contribution is -2.31. The molecule has 2 aromatic rings. The lowest BCUT2D eigenvalue weighted by atomic mass is 10.1. The smallest absolute Gasteiger partial charge is 0.310 e. The van der Waals surface area contributed by atoms with Gasteiger partial charge >= 0.3 is 5.97 Å². The highest BCUT2D eigenvalue weighted by molar-refractivity contribution is 5.79. The van der Waals surface area contributed by atoms with Crippen LogP contribution in [0.15, 0.2) is 41.2 Å². The van der Waals surface area contributed by atoms with Crippen LogP contribution in [0.4, 0.5) is 5.69 Å². The van der Waals surface area contributed by atoms with Gasteiger partial charge in [-0.25, -0.2) is 0 Å². The second kappa shape index (κ2) is 8.64. The van der Waals surface area contributed by atoms with Gasteiger partial charge in [0.15, 0.2) is 0 Å². The molecule has 0 saturated carbocycles. The third-order valence-corrected chi connectivity index (χ3v) is 3.50. The minimum Gasteiger partial charge on any atom is -0.460 e. The van der Waals surface area contributed by atoms with Gasteiger partial charge in [0.25, 0.3) is 5.56 Å². The average molecular weight is 372 g/mol. The molecule has 0 fully saturated rings. The first-order valence-electron chi connectivity index (χ1n) is 8.55. The molecule has 0 saturated heterocycles. The first-order chi connectivity index (χ1) is 12.7. The number of anilines is 1. The van der Waals surface area contributed by atoms with Crippen molar-refractivity contribution in [2.45, 2.75) is 46.3 Å². The molecule has 0 aliphatic rings. The SMILES string of the molecule is Cc1cc(CC(=O)OC(C)(C)C)c(N(C=O)OCc2ccccc2)c(=O)[nH]1. The van der Waals surface area contributed by atoms with Crippen LogP contribution in [0.1, 0.15) is 37.6 Å². The molecule has 0 atom stereocenters. The molecule has 0 spiro atoms. The normalized spacial score (nSPS) is 11.1. The van der Waals surface area contributed by atoms with E-state index in [1.54, 1.807) is 33.8 Å². The van der Waals surface area contributed by atoms with Gasteiger partial charge < -0.3 is 9.72 Å². The summed E-state index contributed by atoms with van der Waals surface area (Å²) in [6.45, 7) is 7.07. The van der Waals surface area contributed by atoms with Crippen molar-refractivity contribution in [2.24, 2.45) is 0 Å². The summed E-state index contributed by atoms with van der Waals surface area (Å²) in [5.41, 5.74) is 0.552. The molecule has 1 heterocycles. The lowest BCUT2D eigenvalue weighted by molar-refractivity contribution is -0.153. The van der Waals surface area contributed by atoms with Crippen molar-refractivity contribution >= 4 is 18.1 Å². The number of carbonyl (C=O) groups excluding carboxylic acids is 2. The number of esters is 1. The molecule has 1 amide bonds. The molecule has 1 aromatic carbocycles. The molecule has 0 unspecified atom stereocenters. The molecular formula is C20H24N2O5. The molecule has 0 aliphatic heterocycles. The van der Waals surface area contributed by atoms with Gasteiger partial charge in [0.1, 0.15) is 17.9 Å². The van der Waals surface area contributed by atoms with Crippen LogP contribution in [0.3, 0.4) is 0 Å². The fourth-order valence-corrected chi connectivity index (χ4v) is 2.53. The quantitative estimate of drug-likeness (QED) is 0.459. The molecule has 1 N–H and O–H groups in total. The Morgan fingerprint density at radius 1 is 1.22 bits per heavy atom. The number of aromatic amines is 1. The number of pyridine rings is 1. The van der Waals surface area contributed by atoms with Crippen LogP contribution in [0.2, 0.25) is 0 Å². The van der Waals surface area contributed by atoms with Gasteiger partial charge in [0.2, 0.25) is 6.41 Å². The van der Waals surface area contributed by atoms with E-state index in [4.69, 9.17) is 9.57 Å². The second-order valence-electron chi connectivity index (χ2n) is 7.11. The van der Waals surface area contributed by atoms with E-state index in [0.29, 0.717) is 17.7 Å². The molecule has 1 aromatic heterocycles. The maximum Gasteiger partial charge on any atom is 0.310 e. The third kappa shape index (κ3) is 6.07. The van der Waals surface area contributed by atoms with Crippen molar-refractivity contribution in [3.8, 4) is 0 Å². The summed E-state index contributed by atoms with van der Waals surface area (Å²) in [5, 5.41) is 0.852. The van der Waals surface area contributed by atoms with Gasteiger partial charge in [-0.3, -0.25) is 19.2 Å². The predicted molar refractivity (Wildman–Crippen MR) is 101 cm³/mol. The van der Waals surface area contributed by atoms with E-state index in [9.17, 15) is 14.4 Å². The number of H-pyrrole nitrogens is 1. The van der Waals surface area contributed by atoms with E-state index >= 15 is 0 Å². The summed E-state index contributed by atoms with van der Waals surface area (Å²) in [7, 11) is 0. The van der Waals surface area contributed by atoms with Gasteiger partial charge in [-0.1, -0.05) is 30.3 Å². The minimum atomic E-state index is -0.651. The molecular weight excluding hydrogens is 348 g/mol. The zero-order valence-electron chi connectivity index (χ0n) is 15.9. The molecule has 144 valence electrons. The van der Waals surface area contributed by atoms with Crippen LogP contribution in [0.5, 0.6) is 0 Å². The van der Waals surface area contributed by atoms with Crippen molar-refractivity contribution in [1.29, 1.82) is 0 Å². The summed E-state index contributed by atoms with van der Waals surface area (Å²) in [4.78, 5) is 44.4. The maximum absolute atomic E-state index is 12.5. The van der Waals surface area contributed by atoms with Crippen molar-refractivity contribution < 1.29 is 19.2 Å². The summed E-state index contributed by atoms with van der Waals surface area (Å²) in [6, 6.07) is 10.9. The number of aryl methyl sites for hydroxylation is 1. The first-order valence-corrected chi connectivity index (χ1v) is 8.55. The largest absolute Gasteiger partial charge is 0.460 e. The molecule has 2 rings (SSSR count). The topological polar surface area (TPSA) is 88.7 Å². The highest BCUT2D eigenvalue weighted by atomic mass is 16.7. The number of hydrogen-bond donors (Lipinski definition) is 1. The van der Waals surface area contributed by atoms with E-state index in [0.717, 1.165) is 10.6 Å². The van der Waals surface area contributed by atoms with Gasteiger partial charge in [-0.2, -0.15) is 5.06 Å². The van der Waals surface area contributed by atoms with Crippen LogP contribution in [0, 0.1) is 6.92 Å². The van der Waals surface area contributed by atoms with E-state index < -0.39 is 17.1 Å². The molecule has 0 aliphatic carbocycles. The maximum atomic E-state index is 12.5. The number of aromatic nitrogens is 1. The Balaban J connectivity index is 2.28. The van der Waals surface area contributed by atoms with E-state index in [1.807, 2.05) is 30.3 Å². The number of nitrogens with zero attached hydrogens (tertiary/aromatic N) is 1. The number of ether oxygens (including phenoxy) is 1. The second-order valence-corrected chi connectivity index (χ2v) is 7.11. The number of benzene rings is 1. The number of hydroxylamine groups is 1. The third-order valence-electron chi connectivity index (χ3n) is 3.50. The van der Waals surface area contributed by atoms with Crippen LogP contribution in [0.25, 0.3) is 0 Å². The highest BCUT2D eigenvalue weighted by Crippen LogP contribution is 2.19. The Morgan fingerprint density at radius 3 is 2.48 bits per heavy atom. The number of hydrogen-bond acceptors (Lipinski definition) is 5. The monoisotopic (exact) mass is 372 g/mol. The highest BCUT2D eigenvalue weighted by Gasteiger charge is 2.22. The van der Waals surface area contributed by atoms with Gasteiger partial charge in [0.05, 0.1) is 6.42 Å². The van der Waals surface area contributed by atoms with E-state index in [1.165, 1.54) is 0 Å².